The van der Waals surface area contributed by atoms with E-state index >= 15 is 0 Å². The number of hydrogen-bond donors (Lipinski definition) is 2. The first-order chi connectivity index (χ1) is 9.17. The molecule has 0 bridgehead atoms. The minimum absolute atomic E-state index is 0.271. The molecule has 0 spiro atoms. The van der Waals surface area contributed by atoms with Crippen molar-refractivity contribution in [3.05, 3.63) is 41.5 Å². The van der Waals surface area contributed by atoms with Crippen molar-refractivity contribution in [2.24, 2.45) is 10.7 Å². The lowest BCUT2D eigenvalue weighted by Gasteiger charge is -2.06. The van der Waals surface area contributed by atoms with Crippen LogP contribution in [0.5, 0.6) is 0 Å². The number of nitrogens with zero attached hydrogens (tertiary/aromatic N) is 3. The number of nitrogens with one attached hydrogen (secondary N) is 1. The number of benzene rings is 1. The molecule has 0 atom stereocenters. The van der Waals surface area contributed by atoms with Crippen molar-refractivity contribution in [1.82, 2.24) is 10.1 Å². The first-order valence-corrected chi connectivity index (χ1v) is 6.12. The number of rotatable bonds is 4. The first kappa shape index (κ1) is 13.1. The van der Waals surface area contributed by atoms with Gasteiger partial charge in [-0.25, -0.2) is 4.99 Å². The van der Waals surface area contributed by atoms with Gasteiger partial charge in [0.15, 0.2) is 11.8 Å². The Hall–Kier alpha value is -2.37. The van der Waals surface area contributed by atoms with Gasteiger partial charge in [-0.3, -0.25) is 0 Å². The zero-order valence-corrected chi connectivity index (χ0v) is 11.1. The lowest BCUT2D eigenvalue weighted by molar-refractivity contribution is 0.376. The number of nitrogens with two attached hydrogens (primary N) is 1. The van der Waals surface area contributed by atoms with Gasteiger partial charge in [-0.05, 0) is 31.0 Å². The molecule has 1 aromatic heterocycles. The molecule has 0 aliphatic carbocycles. The number of hydrogen-bond acceptors (Lipinski definition) is 4. The largest absolute Gasteiger partial charge is 0.370 e. The summed E-state index contributed by atoms with van der Waals surface area (Å²) in [7, 11) is 0. The third-order valence-electron chi connectivity index (χ3n) is 2.56. The number of aromatic nitrogens is 2. The minimum atomic E-state index is 0.271. The second-order valence-corrected chi connectivity index (χ2v) is 4.12. The normalized spacial score (nSPS) is 11.6. The topological polar surface area (TPSA) is 89.3 Å². The molecule has 0 amide bonds. The Kier molecular flexibility index (Phi) is 4.12. The van der Waals surface area contributed by atoms with Gasteiger partial charge in [0, 0.05) is 5.69 Å². The second-order valence-electron chi connectivity index (χ2n) is 4.12. The predicted octanol–water partition coefficient (Wildman–Crippen LogP) is 1.87. The molecule has 3 N–H and O–H groups in total. The van der Waals surface area contributed by atoms with E-state index in [1.54, 1.807) is 6.92 Å². The van der Waals surface area contributed by atoms with E-state index in [2.05, 4.69) is 33.4 Å². The molecule has 2 rings (SSSR count). The SMILES string of the molecule is CCc1cccc(NC(N)=NCc2nc(C)no2)c1. The van der Waals surface area contributed by atoms with Gasteiger partial charge in [0.2, 0.25) is 5.89 Å². The molecule has 0 fully saturated rings. The van der Waals surface area contributed by atoms with Crippen LogP contribution < -0.4 is 11.1 Å². The van der Waals surface area contributed by atoms with Gasteiger partial charge in [-0.1, -0.05) is 24.2 Å². The highest BCUT2D eigenvalue weighted by atomic mass is 16.5. The van der Waals surface area contributed by atoms with Crippen LogP contribution in [-0.4, -0.2) is 16.1 Å². The van der Waals surface area contributed by atoms with Gasteiger partial charge in [0.1, 0.15) is 6.54 Å². The molecule has 0 aliphatic heterocycles. The fraction of sp³-hybridized carbons (Fsp3) is 0.308. The maximum atomic E-state index is 5.80. The van der Waals surface area contributed by atoms with Crippen molar-refractivity contribution < 1.29 is 4.52 Å². The van der Waals surface area contributed by atoms with E-state index in [1.165, 1.54) is 5.56 Å². The predicted molar refractivity (Wildman–Crippen MR) is 73.8 cm³/mol. The molecule has 0 aliphatic rings. The van der Waals surface area contributed by atoms with Crippen LogP contribution in [0.4, 0.5) is 5.69 Å². The van der Waals surface area contributed by atoms with Crippen molar-refractivity contribution in [3.63, 3.8) is 0 Å². The molecular weight excluding hydrogens is 242 g/mol. The molecule has 6 nitrogen and oxygen atoms in total. The van der Waals surface area contributed by atoms with E-state index in [0.717, 1.165) is 12.1 Å². The highest BCUT2D eigenvalue weighted by Crippen LogP contribution is 2.10. The van der Waals surface area contributed by atoms with Gasteiger partial charge >= 0.3 is 0 Å². The van der Waals surface area contributed by atoms with Crippen LogP contribution in [-0.2, 0) is 13.0 Å². The Bertz CT molecular complexity index is 576. The Morgan fingerprint density at radius 3 is 3.00 bits per heavy atom. The summed E-state index contributed by atoms with van der Waals surface area (Å²) in [5.41, 5.74) is 7.96. The van der Waals surface area contributed by atoms with Crippen LogP contribution in [0.15, 0.2) is 33.8 Å². The molecule has 1 aromatic carbocycles. The Morgan fingerprint density at radius 2 is 2.32 bits per heavy atom. The molecule has 19 heavy (non-hydrogen) atoms. The third-order valence-corrected chi connectivity index (χ3v) is 2.56. The lowest BCUT2D eigenvalue weighted by atomic mass is 10.1. The molecular formula is C13H17N5O. The van der Waals surface area contributed by atoms with E-state index in [4.69, 9.17) is 10.3 Å². The van der Waals surface area contributed by atoms with E-state index in [1.807, 2.05) is 18.2 Å². The van der Waals surface area contributed by atoms with Gasteiger partial charge < -0.3 is 15.6 Å². The highest BCUT2D eigenvalue weighted by molar-refractivity contribution is 5.92. The van der Waals surface area contributed by atoms with Gasteiger partial charge in [0.25, 0.3) is 0 Å². The molecule has 6 heteroatoms. The van der Waals surface area contributed by atoms with Crippen LogP contribution in [0.2, 0.25) is 0 Å². The first-order valence-electron chi connectivity index (χ1n) is 6.12. The molecule has 100 valence electrons. The molecule has 0 radical (unpaired) electrons. The van der Waals surface area contributed by atoms with Crippen LogP contribution in [0.1, 0.15) is 24.2 Å². The Morgan fingerprint density at radius 1 is 1.47 bits per heavy atom. The monoisotopic (exact) mass is 259 g/mol. The third kappa shape index (κ3) is 3.80. The van der Waals surface area contributed by atoms with Crippen molar-refractivity contribution in [1.29, 1.82) is 0 Å². The van der Waals surface area contributed by atoms with E-state index in [0.29, 0.717) is 17.7 Å². The average Bonchev–Trinajstić information content (AvgIpc) is 2.82. The van der Waals surface area contributed by atoms with Gasteiger partial charge in [0.05, 0.1) is 0 Å². The number of guanidine groups is 1. The van der Waals surface area contributed by atoms with Crippen molar-refractivity contribution in [2.45, 2.75) is 26.8 Å². The number of aliphatic imine (C=N–C) groups is 1. The van der Waals surface area contributed by atoms with Crippen LogP contribution >= 0.6 is 0 Å². The Balaban J connectivity index is 1.97. The van der Waals surface area contributed by atoms with Crippen LogP contribution in [0.3, 0.4) is 0 Å². The summed E-state index contributed by atoms with van der Waals surface area (Å²) in [6.07, 6.45) is 0.980. The maximum Gasteiger partial charge on any atom is 0.248 e. The quantitative estimate of drug-likeness (QED) is 0.646. The van der Waals surface area contributed by atoms with Crippen molar-refractivity contribution in [2.75, 3.05) is 5.32 Å². The van der Waals surface area contributed by atoms with E-state index in [-0.39, 0.29) is 6.54 Å². The fourth-order valence-corrected chi connectivity index (χ4v) is 1.61. The zero-order chi connectivity index (χ0) is 13.7. The van der Waals surface area contributed by atoms with Gasteiger partial charge in [-0.2, -0.15) is 4.98 Å². The summed E-state index contributed by atoms with van der Waals surface area (Å²) in [5, 5.41) is 6.72. The van der Waals surface area contributed by atoms with Crippen molar-refractivity contribution in [3.8, 4) is 0 Å². The summed E-state index contributed by atoms with van der Waals surface area (Å²) in [6, 6.07) is 8.03. The standard InChI is InChI=1S/C13H17N5O/c1-3-10-5-4-6-11(7-10)17-13(14)15-8-12-16-9(2)18-19-12/h4-7H,3,8H2,1-2H3,(H3,14,15,17). The highest BCUT2D eigenvalue weighted by Gasteiger charge is 2.02. The molecule has 0 saturated carbocycles. The average molecular weight is 259 g/mol. The lowest BCUT2D eigenvalue weighted by Crippen LogP contribution is -2.22. The summed E-state index contributed by atoms with van der Waals surface area (Å²) >= 11 is 0. The van der Waals surface area contributed by atoms with Crippen LogP contribution in [0, 0.1) is 6.92 Å². The van der Waals surface area contributed by atoms with Crippen LogP contribution in [0.25, 0.3) is 0 Å². The summed E-state index contributed by atoms with van der Waals surface area (Å²) in [6.45, 7) is 4.14. The number of aryl methyl sites for hydroxylation is 2. The molecule has 2 aromatic rings. The molecule has 1 heterocycles. The van der Waals surface area contributed by atoms with Crippen molar-refractivity contribution >= 4 is 11.6 Å². The molecule has 0 saturated heterocycles. The van der Waals surface area contributed by atoms with E-state index < -0.39 is 0 Å². The zero-order valence-electron chi connectivity index (χ0n) is 11.1. The molecule has 0 unspecified atom stereocenters. The second kappa shape index (κ2) is 5.99. The van der Waals surface area contributed by atoms with Gasteiger partial charge in [-0.15, -0.1) is 0 Å². The summed E-state index contributed by atoms with van der Waals surface area (Å²) in [4.78, 5) is 8.19. The Labute approximate surface area is 111 Å². The maximum absolute atomic E-state index is 5.80. The summed E-state index contributed by atoms with van der Waals surface area (Å²) < 4.78 is 4.95. The summed E-state index contributed by atoms with van der Waals surface area (Å²) in [5.74, 6) is 1.36. The fourth-order valence-electron chi connectivity index (χ4n) is 1.61. The number of anilines is 1. The van der Waals surface area contributed by atoms with E-state index in [9.17, 15) is 0 Å². The minimum Gasteiger partial charge on any atom is -0.370 e. The smallest absolute Gasteiger partial charge is 0.248 e.